The van der Waals surface area contributed by atoms with Crippen LogP contribution in [0.25, 0.3) is 11.6 Å². The van der Waals surface area contributed by atoms with Crippen LogP contribution in [0.5, 0.6) is 0 Å². The zero-order valence-electron chi connectivity index (χ0n) is 11.8. The van der Waals surface area contributed by atoms with Crippen LogP contribution >= 0.6 is 0 Å². The number of hydrogen-bond acceptors (Lipinski definition) is 2. The molecule has 0 saturated heterocycles. The van der Waals surface area contributed by atoms with Crippen molar-refractivity contribution in [3.05, 3.63) is 77.3 Å². The number of allylic oxidation sites excluding steroid dienone is 2. The second-order valence-electron chi connectivity index (χ2n) is 4.78. The predicted molar refractivity (Wildman–Crippen MR) is 85.3 cm³/mol. The molecule has 0 radical (unpaired) electrons. The molecule has 0 amide bonds. The Hall–Kier alpha value is -2.79. The first kappa shape index (κ1) is 13.2. The highest BCUT2D eigenvalue weighted by molar-refractivity contribution is 5.79. The van der Waals surface area contributed by atoms with Crippen LogP contribution in [0.1, 0.15) is 28.7 Å². The Morgan fingerprint density at radius 3 is 2.90 bits per heavy atom. The molecule has 0 spiro atoms. The summed E-state index contributed by atoms with van der Waals surface area (Å²) in [6, 6.07) is 10.1. The molecule has 2 heteroatoms. The van der Waals surface area contributed by atoms with Gasteiger partial charge in [-0.15, -0.1) is 0 Å². The van der Waals surface area contributed by atoms with Gasteiger partial charge in [-0.3, -0.25) is 4.98 Å². The van der Waals surface area contributed by atoms with Crippen molar-refractivity contribution in [2.24, 2.45) is 0 Å². The van der Waals surface area contributed by atoms with Crippen molar-refractivity contribution >= 4 is 11.6 Å². The molecule has 2 nitrogen and oxygen atoms in total. The van der Waals surface area contributed by atoms with E-state index in [4.69, 9.17) is 4.74 Å². The summed E-state index contributed by atoms with van der Waals surface area (Å²) in [6.07, 6.45) is 10.5. The van der Waals surface area contributed by atoms with Crippen molar-refractivity contribution in [3.63, 3.8) is 0 Å². The van der Waals surface area contributed by atoms with E-state index in [0.29, 0.717) is 0 Å². The van der Waals surface area contributed by atoms with Gasteiger partial charge in [-0.05, 0) is 47.4 Å². The van der Waals surface area contributed by atoms with Crippen LogP contribution in [0, 0.1) is 11.8 Å². The third-order valence-electron chi connectivity index (χ3n) is 3.31. The largest absolute Gasteiger partial charge is 0.504 e. The summed E-state index contributed by atoms with van der Waals surface area (Å²) in [4.78, 5) is 4.07. The molecule has 1 aromatic heterocycles. The number of fused-ring (bicyclic) bond motifs is 1. The summed E-state index contributed by atoms with van der Waals surface area (Å²) in [7, 11) is 1.68. The Morgan fingerprint density at radius 1 is 1.19 bits per heavy atom. The van der Waals surface area contributed by atoms with Crippen LogP contribution < -0.4 is 0 Å². The molecule has 0 fully saturated rings. The Balaban J connectivity index is 1.96. The molecule has 0 atom stereocenters. The molecule has 1 heterocycles. The van der Waals surface area contributed by atoms with Crippen molar-refractivity contribution in [2.75, 3.05) is 7.11 Å². The Bertz CT molecular complexity index is 761. The number of rotatable bonds is 1. The highest BCUT2D eigenvalue weighted by Gasteiger charge is 2.10. The van der Waals surface area contributed by atoms with Gasteiger partial charge < -0.3 is 4.74 Å². The van der Waals surface area contributed by atoms with E-state index in [2.05, 4.69) is 41.1 Å². The lowest BCUT2D eigenvalue weighted by Gasteiger charge is -2.14. The molecule has 21 heavy (non-hydrogen) atoms. The van der Waals surface area contributed by atoms with E-state index in [1.165, 1.54) is 16.7 Å². The van der Waals surface area contributed by atoms with Gasteiger partial charge in [0.25, 0.3) is 0 Å². The van der Waals surface area contributed by atoms with E-state index >= 15 is 0 Å². The van der Waals surface area contributed by atoms with Crippen LogP contribution in [-0.2, 0) is 4.74 Å². The molecule has 2 aromatic rings. The zero-order chi connectivity index (χ0) is 14.5. The first-order valence-electron chi connectivity index (χ1n) is 6.81. The second kappa shape index (κ2) is 6.11. The maximum atomic E-state index is 5.17. The minimum atomic E-state index is 0.889. The van der Waals surface area contributed by atoms with Gasteiger partial charge in [0.05, 0.1) is 13.4 Å². The summed E-state index contributed by atoms with van der Waals surface area (Å²) in [5.74, 6) is 6.32. The van der Waals surface area contributed by atoms with Gasteiger partial charge in [0.1, 0.15) is 0 Å². The third-order valence-corrected chi connectivity index (χ3v) is 3.31. The molecule has 102 valence electrons. The number of nitrogens with zero attached hydrogens (tertiary/aromatic N) is 1. The van der Waals surface area contributed by atoms with E-state index in [9.17, 15) is 0 Å². The molecule has 1 aliphatic rings. The van der Waals surface area contributed by atoms with Crippen LogP contribution in [0.15, 0.2) is 55.1 Å². The molecule has 3 rings (SSSR count). The van der Waals surface area contributed by atoms with E-state index in [-0.39, 0.29) is 0 Å². The fraction of sp³-hybridized carbons (Fsp3) is 0.105. The normalized spacial score (nSPS) is 14.2. The quantitative estimate of drug-likeness (QED) is 0.581. The number of ether oxygens (including phenoxy) is 1. The van der Waals surface area contributed by atoms with Crippen molar-refractivity contribution in [2.45, 2.75) is 6.42 Å². The van der Waals surface area contributed by atoms with Crippen LogP contribution in [-0.4, -0.2) is 12.1 Å². The van der Waals surface area contributed by atoms with Gasteiger partial charge in [-0.2, -0.15) is 0 Å². The van der Waals surface area contributed by atoms with E-state index in [1.807, 2.05) is 18.2 Å². The summed E-state index contributed by atoms with van der Waals surface area (Å²) in [5, 5.41) is 0. The smallest absolute Gasteiger partial charge is 0.0865 e. The number of benzene rings is 1. The van der Waals surface area contributed by atoms with E-state index in [0.717, 1.165) is 17.5 Å². The van der Waals surface area contributed by atoms with Gasteiger partial charge in [0.15, 0.2) is 0 Å². The lowest BCUT2D eigenvalue weighted by atomic mass is 9.91. The minimum Gasteiger partial charge on any atom is -0.504 e. The number of hydrogen-bond donors (Lipinski definition) is 0. The molecule has 1 aliphatic carbocycles. The number of methoxy groups -OCH3 is 1. The molecule has 0 bridgehead atoms. The van der Waals surface area contributed by atoms with Crippen LogP contribution in [0.4, 0.5) is 0 Å². The highest BCUT2D eigenvalue weighted by atomic mass is 16.5. The topological polar surface area (TPSA) is 22.1 Å². The Kier molecular flexibility index (Phi) is 3.84. The fourth-order valence-electron chi connectivity index (χ4n) is 2.32. The first-order chi connectivity index (χ1) is 10.4. The molecule has 0 unspecified atom stereocenters. The second-order valence-corrected chi connectivity index (χ2v) is 4.78. The highest BCUT2D eigenvalue weighted by Crippen LogP contribution is 2.29. The molecular weight excluding hydrogens is 258 g/mol. The lowest BCUT2D eigenvalue weighted by Crippen LogP contribution is -1.95. The van der Waals surface area contributed by atoms with Gasteiger partial charge in [0, 0.05) is 23.5 Å². The average Bonchev–Trinajstić information content (AvgIpc) is 2.54. The molecule has 1 aromatic carbocycles. The summed E-state index contributed by atoms with van der Waals surface area (Å²) in [6.45, 7) is 0. The SMILES string of the molecule is COC=C1CC=Cc2ccc(C#Cc3cccnc3)cc21. The maximum absolute atomic E-state index is 5.17. The molecule has 0 aliphatic heterocycles. The van der Waals surface area contributed by atoms with Crippen LogP contribution in [0.3, 0.4) is 0 Å². The summed E-state index contributed by atoms with van der Waals surface area (Å²) in [5.41, 5.74) is 5.49. The van der Waals surface area contributed by atoms with E-state index in [1.54, 1.807) is 25.8 Å². The molecule has 0 N–H and O–H groups in total. The molecular formula is C19H15NO. The standard InChI is InChI=1S/C19H15NO/c1-21-14-18-6-2-5-17-10-9-15(12-19(17)18)7-8-16-4-3-11-20-13-16/h2-5,9-14H,6H2,1H3. The zero-order valence-corrected chi connectivity index (χ0v) is 11.8. The minimum absolute atomic E-state index is 0.889. The third kappa shape index (κ3) is 3.04. The average molecular weight is 273 g/mol. The lowest BCUT2D eigenvalue weighted by molar-refractivity contribution is 0.339. The molecule has 0 saturated carbocycles. The van der Waals surface area contributed by atoms with Crippen molar-refractivity contribution in [3.8, 4) is 11.8 Å². The number of aromatic nitrogens is 1. The van der Waals surface area contributed by atoms with Crippen molar-refractivity contribution in [1.82, 2.24) is 4.98 Å². The van der Waals surface area contributed by atoms with Crippen molar-refractivity contribution in [1.29, 1.82) is 0 Å². The monoisotopic (exact) mass is 273 g/mol. The number of pyridine rings is 1. The Morgan fingerprint density at radius 2 is 2.10 bits per heavy atom. The van der Waals surface area contributed by atoms with Gasteiger partial charge in [0.2, 0.25) is 0 Å². The van der Waals surface area contributed by atoms with Crippen LogP contribution in [0.2, 0.25) is 0 Å². The predicted octanol–water partition coefficient (Wildman–Crippen LogP) is 3.89. The Labute approximate surface area is 124 Å². The fourth-order valence-corrected chi connectivity index (χ4v) is 2.32. The maximum Gasteiger partial charge on any atom is 0.0865 e. The summed E-state index contributed by atoms with van der Waals surface area (Å²) < 4.78 is 5.17. The van der Waals surface area contributed by atoms with Crippen molar-refractivity contribution < 1.29 is 4.74 Å². The van der Waals surface area contributed by atoms with Gasteiger partial charge in [-0.1, -0.05) is 30.1 Å². The first-order valence-corrected chi connectivity index (χ1v) is 6.81. The summed E-state index contributed by atoms with van der Waals surface area (Å²) >= 11 is 0. The van der Waals surface area contributed by atoms with E-state index < -0.39 is 0 Å². The van der Waals surface area contributed by atoms with Gasteiger partial charge in [-0.25, -0.2) is 0 Å². The van der Waals surface area contributed by atoms with Gasteiger partial charge >= 0.3 is 0 Å².